The van der Waals surface area contributed by atoms with E-state index in [4.69, 9.17) is 0 Å². The molecule has 0 unspecified atom stereocenters. The molecule has 1 aromatic heterocycles. The second kappa shape index (κ2) is 7.34. The smallest absolute Gasteiger partial charge is 0.196 e. The molecule has 3 aromatic rings. The van der Waals surface area contributed by atoms with Crippen molar-refractivity contribution in [3.8, 4) is 17.3 Å². The number of nitriles is 1. The van der Waals surface area contributed by atoms with Crippen molar-refractivity contribution in [1.82, 2.24) is 4.98 Å². The highest BCUT2D eigenvalue weighted by molar-refractivity contribution is 9.10. The molecular formula is C17H10BrFN4S. The first-order valence-electron chi connectivity index (χ1n) is 6.87. The van der Waals surface area contributed by atoms with E-state index in [2.05, 4.69) is 31.4 Å². The average Bonchev–Trinajstić information content (AvgIpc) is 3.07. The summed E-state index contributed by atoms with van der Waals surface area (Å²) in [6, 6.07) is 15.5. The van der Waals surface area contributed by atoms with E-state index in [9.17, 15) is 9.65 Å². The summed E-state index contributed by atoms with van der Waals surface area (Å²) in [6.07, 6.45) is 0. The summed E-state index contributed by atoms with van der Waals surface area (Å²) in [5.41, 5.74) is 5.23. The molecule has 3 rings (SSSR count). The molecule has 2 aromatic carbocycles. The zero-order chi connectivity index (χ0) is 16.9. The van der Waals surface area contributed by atoms with Crippen LogP contribution < -0.4 is 5.43 Å². The van der Waals surface area contributed by atoms with Crippen molar-refractivity contribution in [3.05, 3.63) is 69.2 Å². The Kier molecular flexibility index (Phi) is 4.99. The molecule has 0 saturated heterocycles. The SMILES string of the molecule is N#CC(=NNc1ccc(F)cc1)c1nc(-c2cccc(Br)c2)cs1. The summed E-state index contributed by atoms with van der Waals surface area (Å²) in [4.78, 5) is 4.46. The number of halogens is 2. The minimum absolute atomic E-state index is 0.172. The highest BCUT2D eigenvalue weighted by Crippen LogP contribution is 2.25. The van der Waals surface area contributed by atoms with Gasteiger partial charge in [-0.15, -0.1) is 11.3 Å². The number of aromatic nitrogens is 1. The first kappa shape index (κ1) is 16.3. The minimum atomic E-state index is -0.330. The first-order valence-corrected chi connectivity index (χ1v) is 8.54. The van der Waals surface area contributed by atoms with Crippen LogP contribution in [0, 0.1) is 17.1 Å². The third-order valence-corrected chi connectivity index (χ3v) is 4.42. The lowest BCUT2D eigenvalue weighted by Gasteiger charge is -2.00. The quantitative estimate of drug-likeness (QED) is 0.492. The van der Waals surface area contributed by atoms with Crippen LogP contribution in [0.25, 0.3) is 11.3 Å². The molecule has 0 radical (unpaired) electrons. The van der Waals surface area contributed by atoms with Gasteiger partial charge in [0.25, 0.3) is 0 Å². The van der Waals surface area contributed by atoms with E-state index in [1.165, 1.54) is 23.5 Å². The molecule has 4 nitrogen and oxygen atoms in total. The molecule has 0 aliphatic carbocycles. The van der Waals surface area contributed by atoms with Crippen molar-refractivity contribution in [2.45, 2.75) is 0 Å². The van der Waals surface area contributed by atoms with E-state index < -0.39 is 0 Å². The minimum Gasteiger partial charge on any atom is -0.277 e. The van der Waals surface area contributed by atoms with Gasteiger partial charge >= 0.3 is 0 Å². The zero-order valence-corrected chi connectivity index (χ0v) is 14.6. The van der Waals surface area contributed by atoms with Gasteiger partial charge in [0.1, 0.15) is 11.9 Å². The number of thiazole rings is 1. The van der Waals surface area contributed by atoms with E-state index in [1.54, 1.807) is 12.1 Å². The standard InChI is InChI=1S/C17H10BrFN4S/c18-12-3-1-2-11(8-12)16-10-24-17(21-16)15(9-20)23-22-14-6-4-13(19)5-7-14/h1-8,10,22H. The van der Waals surface area contributed by atoms with Gasteiger partial charge in [0.05, 0.1) is 11.4 Å². The molecule has 1 N–H and O–H groups in total. The fraction of sp³-hybridized carbons (Fsp3) is 0. The third-order valence-electron chi connectivity index (χ3n) is 3.07. The predicted molar refractivity (Wildman–Crippen MR) is 97.4 cm³/mol. The number of benzene rings is 2. The highest BCUT2D eigenvalue weighted by atomic mass is 79.9. The van der Waals surface area contributed by atoms with E-state index in [0.29, 0.717) is 10.7 Å². The van der Waals surface area contributed by atoms with Gasteiger partial charge in [-0.3, -0.25) is 5.43 Å². The first-order chi connectivity index (χ1) is 11.7. The van der Waals surface area contributed by atoms with Crippen molar-refractivity contribution in [2.75, 3.05) is 5.43 Å². The maximum Gasteiger partial charge on any atom is 0.196 e. The molecule has 0 amide bonds. The molecular weight excluding hydrogens is 391 g/mol. The summed E-state index contributed by atoms with van der Waals surface area (Å²) in [5, 5.41) is 15.8. The van der Waals surface area contributed by atoms with Crippen LogP contribution in [0.3, 0.4) is 0 Å². The lowest BCUT2D eigenvalue weighted by molar-refractivity contribution is 0.628. The molecule has 1 heterocycles. The highest BCUT2D eigenvalue weighted by Gasteiger charge is 2.10. The normalized spacial score (nSPS) is 11.1. The Balaban J connectivity index is 1.83. The number of nitrogens with one attached hydrogen (secondary N) is 1. The number of rotatable bonds is 4. The Bertz CT molecular complexity index is 928. The molecule has 118 valence electrons. The Morgan fingerprint density at radius 2 is 2.04 bits per heavy atom. The van der Waals surface area contributed by atoms with Crippen LogP contribution in [-0.2, 0) is 0 Å². The molecule has 0 aliphatic rings. The Hall–Kier alpha value is -2.56. The van der Waals surface area contributed by atoms with Crippen molar-refractivity contribution in [3.63, 3.8) is 0 Å². The summed E-state index contributed by atoms with van der Waals surface area (Å²) >= 11 is 4.77. The monoisotopic (exact) mass is 400 g/mol. The largest absolute Gasteiger partial charge is 0.277 e. The van der Waals surface area contributed by atoms with Crippen LogP contribution in [-0.4, -0.2) is 10.7 Å². The van der Waals surface area contributed by atoms with E-state index in [-0.39, 0.29) is 11.5 Å². The second-order valence-corrected chi connectivity index (χ2v) is 6.51. The number of hydrazone groups is 1. The fourth-order valence-electron chi connectivity index (χ4n) is 1.93. The average molecular weight is 401 g/mol. The van der Waals surface area contributed by atoms with Crippen LogP contribution in [0.2, 0.25) is 0 Å². The topological polar surface area (TPSA) is 61.1 Å². The molecule has 24 heavy (non-hydrogen) atoms. The number of hydrogen-bond donors (Lipinski definition) is 1. The molecule has 0 fully saturated rings. The van der Waals surface area contributed by atoms with Crippen molar-refractivity contribution in [1.29, 1.82) is 5.26 Å². The third kappa shape index (κ3) is 3.85. The molecule has 7 heteroatoms. The van der Waals surface area contributed by atoms with Crippen LogP contribution in [0.15, 0.2) is 63.5 Å². The number of hydrogen-bond acceptors (Lipinski definition) is 5. The molecule has 0 atom stereocenters. The van der Waals surface area contributed by atoms with Crippen LogP contribution in [0.4, 0.5) is 10.1 Å². The maximum atomic E-state index is 12.9. The Labute approximate surface area is 150 Å². The summed E-state index contributed by atoms with van der Waals surface area (Å²) in [7, 11) is 0. The van der Waals surface area contributed by atoms with E-state index in [1.807, 2.05) is 35.7 Å². The number of nitrogens with zero attached hydrogens (tertiary/aromatic N) is 3. The van der Waals surface area contributed by atoms with Crippen molar-refractivity contribution in [2.24, 2.45) is 5.10 Å². The summed E-state index contributed by atoms with van der Waals surface area (Å²) < 4.78 is 13.8. The predicted octanol–water partition coefficient (Wildman–Crippen LogP) is 5.05. The van der Waals surface area contributed by atoms with E-state index >= 15 is 0 Å². The van der Waals surface area contributed by atoms with Crippen LogP contribution in [0.5, 0.6) is 0 Å². The molecule has 0 saturated carbocycles. The van der Waals surface area contributed by atoms with Crippen LogP contribution in [0.1, 0.15) is 5.01 Å². The molecule has 0 spiro atoms. The number of anilines is 1. The van der Waals surface area contributed by atoms with Gasteiger partial charge in [0.15, 0.2) is 10.7 Å². The van der Waals surface area contributed by atoms with Gasteiger partial charge in [-0.1, -0.05) is 28.1 Å². The van der Waals surface area contributed by atoms with Gasteiger partial charge in [0, 0.05) is 15.4 Å². The lowest BCUT2D eigenvalue weighted by Crippen LogP contribution is -2.01. The van der Waals surface area contributed by atoms with Gasteiger partial charge in [-0.2, -0.15) is 10.4 Å². The Morgan fingerprint density at radius 1 is 1.25 bits per heavy atom. The van der Waals surface area contributed by atoms with Gasteiger partial charge in [0.2, 0.25) is 0 Å². The second-order valence-electron chi connectivity index (χ2n) is 4.74. The summed E-state index contributed by atoms with van der Waals surface area (Å²) in [5.74, 6) is -0.330. The van der Waals surface area contributed by atoms with Crippen LogP contribution >= 0.6 is 27.3 Å². The van der Waals surface area contributed by atoms with Crippen molar-refractivity contribution < 1.29 is 4.39 Å². The van der Waals surface area contributed by atoms with Gasteiger partial charge < -0.3 is 0 Å². The molecule has 0 bridgehead atoms. The molecule has 0 aliphatic heterocycles. The van der Waals surface area contributed by atoms with Gasteiger partial charge in [-0.05, 0) is 36.4 Å². The Morgan fingerprint density at radius 3 is 2.75 bits per heavy atom. The maximum absolute atomic E-state index is 12.9. The zero-order valence-electron chi connectivity index (χ0n) is 12.2. The van der Waals surface area contributed by atoms with E-state index in [0.717, 1.165) is 15.7 Å². The fourth-order valence-corrected chi connectivity index (χ4v) is 3.09. The van der Waals surface area contributed by atoms with Gasteiger partial charge in [-0.25, -0.2) is 9.37 Å². The lowest BCUT2D eigenvalue weighted by atomic mass is 10.2. The van der Waals surface area contributed by atoms with Crippen molar-refractivity contribution >= 4 is 38.7 Å². The summed E-state index contributed by atoms with van der Waals surface area (Å²) in [6.45, 7) is 0.